The summed E-state index contributed by atoms with van der Waals surface area (Å²) in [5.41, 5.74) is 2.01. The lowest BCUT2D eigenvalue weighted by Crippen LogP contribution is -2.20. The van der Waals surface area contributed by atoms with Crippen LogP contribution in [0, 0.1) is 23.7 Å². The molecule has 1 aliphatic carbocycles. The zero-order valence-corrected chi connectivity index (χ0v) is 20.1. The smallest absolute Gasteiger partial charge is 0.119 e. The van der Waals surface area contributed by atoms with Crippen LogP contribution in [0.15, 0.2) is 48.5 Å². The van der Waals surface area contributed by atoms with E-state index in [1.165, 1.54) is 57.8 Å². The second-order valence-electron chi connectivity index (χ2n) is 9.19. The van der Waals surface area contributed by atoms with E-state index in [4.69, 9.17) is 9.47 Å². The van der Waals surface area contributed by atoms with Crippen LogP contribution in [0.1, 0.15) is 89.2 Å². The molecule has 2 aromatic carbocycles. The second-order valence-corrected chi connectivity index (χ2v) is 9.19. The molecule has 0 unspecified atom stereocenters. The summed E-state index contributed by atoms with van der Waals surface area (Å²) in [5, 5.41) is 0. The van der Waals surface area contributed by atoms with Crippen molar-refractivity contribution in [1.29, 1.82) is 0 Å². The van der Waals surface area contributed by atoms with Gasteiger partial charge in [-0.15, -0.1) is 0 Å². The lowest BCUT2D eigenvalue weighted by Gasteiger charge is -2.28. The third-order valence-electron chi connectivity index (χ3n) is 6.49. The van der Waals surface area contributed by atoms with Crippen LogP contribution >= 0.6 is 0 Å². The predicted molar refractivity (Wildman–Crippen MR) is 134 cm³/mol. The topological polar surface area (TPSA) is 18.5 Å². The highest BCUT2D eigenvalue weighted by molar-refractivity contribution is 5.45. The summed E-state index contributed by atoms with van der Waals surface area (Å²) in [6, 6.07) is 16.3. The minimum Gasteiger partial charge on any atom is -0.494 e. The van der Waals surface area contributed by atoms with E-state index in [1.807, 2.05) is 36.4 Å². The zero-order valence-electron chi connectivity index (χ0n) is 20.1. The van der Waals surface area contributed by atoms with Crippen molar-refractivity contribution in [2.75, 3.05) is 13.2 Å². The first kappa shape index (κ1) is 24.2. The Kier molecular flexibility index (Phi) is 10.5. The molecule has 0 heterocycles. The Bertz CT molecular complexity index is 818. The molecule has 0 atom stereocenters. The first-order chi connectivity index (χ1) is 15.8. The predicted octanol–water partition coefficient (Wildman–Crippen LogP) is 8.03. The molecule has 172 valence electrons. The van der Waals surface area contributed by atoms with Crippen LogP contribution in [0.4, 0.5) is 0 Å². The van der Waals surface area contributed by atoms with Gasteiger partial charge in [-0.1, -0.05) is 70.6 Å². The summed E-state index contributed by atoms with van der Waals surface area (Å²) in [4.78, 5) is 0. The molecule has 1 saturated carbocycles. The molecule has 1 fully saturated rings. The van der Waals surface area contributed by atoms with Crippen LogP contribution < -0.4 is 9.47 Å². The Balaban J connectivity index is 1.40. The summed E-state index contributed by atoms with van der Waals surface area (Å²) in [6.45, 7) is 6.12. The van der Waals surface area contributed by atoms with E-state index < -0.39 is 0 Å². The van der Waals surface area contributed by atoms with E-state index in [-0.39, 0.29) is 0 Å². The lowest BCUT2D eigenvalue weighted by atomic mass is 9.80. The number of benzene rings is 2. The molecule has 2 heteroatoms. The first-order valence-corrected chi connectivity index (χ1v) is 12.7. The fraction of sp³-hybridized carbons (Fsp3) is 0.533. The Hall–Kier alpha value is -2.40. The van der Waals surface area contributed by atoms with E-state index in [2.05, 4.69) is 37.8 Å². The van der Waals surface area contributed by atoms with Gasteiger partial charge in [0.25, 0.3) is 0 Å². The molecular weight excluding hydrogens is 392 g/mol. The standard InChI is InChI=1S/C30H40O2/c1-3-5-7-23-31-29-19-15-26(16-20-29)9-10-27-17-21-30(22-18-27)32-24-28-13-11-25(12-14-28)8-6-4-2/h15-22,25,28H,3-8,11-14,23-24H2,1-2H3. The molecule has 3 rings (SSSR count). The highest BCUT2D eigenvalue weighted by Crippen LogP contribution is 2.32. The minimum absolute atomic E-state index is 0.714. The van der Waals surface area contributed by atoms with Gasteiger partial charge in [-0.25, -0.2) is 0 Å². The van der Waals surface area contributed by atoms with E-state index in [0.29, 0.717) is 5.92 Å². The van der Waals surface area contributed by atoms with Gasteiger partial charge in [0.05, 0.1) is 13.2 Å². The fourth-order valence-corrected chi connectivity index (χ4v) is 4.35. The third kappa shape index (κ3) is 8.62. The fourth-order valence-electron chi connectivity index (χ4n) is 4.35. The van der Waals surface area contributed by atoms with Gasteiger partial charge in [0.15, 0.2) is 0 Å². The van der Waals surface area contributed by atoms with Gasteiger partial charge in [-0.3, -0.25) is 0 Å². The number of rotatable bonds is 11. The average molecular weight is 433 g/mol. The van der Waals surface area contributed by atoms with Gasteiger partial charge >= 0.3 is 0 Å². The molecule has 0 spiro atoms. The summed E-state index contributed by atoms with van der Waals surface area (Å²) in [5.74, 6) is 10.0. The molecule has 0 radical (unpaired) electrons. The van der Waals surface area contributed by atoms with E-state index in [1.54, 1.807) is 0 Å². The van der Waals surface area contributed by atoms with Crippen LogP contribution in [-0.2, 0) is 0 Å². The Morgan fingerprint density at radius 2 is 1.19 bits per heavy atom. The van der Waals surface area contributed by atoms with E-state index in [0.717, 1.165) is 48.2 Å². The minimum atomic E-state index is 0.714. The molecule has 0 amide bonds. The SMILES string of the molecule is CCCCCOc1ccc(C#Cc2ccc(OCC3CCC(CCCC)CC3)cc2)cc1. The maximum Gasteiger partial charge on any atom is 0.119 e. The molecule has 0 saturated heterocycles. The largest absolute Gasteiger partial charge is 0.494 e. The molecule has 32 heavy (non-hydrogen) atoms. The molecule has 1 aliphatic rings. The quantitative estimate of drug-likeness (QED) is 0.264. The number of ether oxygens (including phenoxy) is 2. The third-order valence-corrected chi connectivity index (χ3v) is 6.49. The Labute approximate surface area is 195 Å². The van der Waals surface area contributed by atoms with Crippen molar-refractivity contribution in [3.63, 3.8) is 0 Å². The highest BCUT2D eigenvalue weighted by Gasteiger charge is 2.21. The summed E-state index contributed by atoms with van der Waals surface area (Å²) >= 11 is 0. The summed E-state index contributed by atoms with van der Waals surface area (Å²) < 4.78 is 11.8. The Morgan fingerprint density at radius 3 is 1.75 bits per heavy atom. The van der Waals surface area contributed by atoms with Crippen LogP contribution in [0.5, 0.6) is 11.5 Å². The molecule has 2 aromatic rings. The van der Waals surface area contributed by atoms with Gasteiger partial charge in [0.2, 0.25) is 0 Å². The van der Waals surface area contributed by atoms with Crippen molar-refractivity contribution in [1.82, 2.24) is 0 Å². The number of hydrogen-bond donors (Lipinski definition) is 0. The zero-order chi connectivity index (χ0) is 22.4. The van der Waals surface area contributed by atoms with Crippen molar-refractivity contribution < 1.29 is 9.47 Å². The van der Waals surface area contributed by atoms with Crippen LogP contribution in [-0.4, -0.2) is 13.2 Å². The van der Waals surface area contributed by atoms with Gasteiger partial charge < -0.3 is 9.47 Å². The van der Waals surface area contributed by atoms with Crippen LogP contribution in [0.3, 0.4) is 0 Å². The highest BCUT2D eigenvalue weighted by atomic mass is 16.5. The number of unbranched alkanes of at least 4 members (excludes halogenated alkanes) is 3. The number of hydrogen-bond acceptors (Lipinski definition) is 2. The summed E-state index contributed by atoms with van der Waals surface area (Å²) in [6.07, 6.45) is 13.1. The van der Waals surface area contributed by atoms with Gasteiger partial charge in [0, 0.05) is 11.1 Å². The summed E-state index contributed by atoms with van der Waals surface area (Å²) in [7, 11) is 0. The van der Waals surface area contributed by atoms with Crippen LogP contribution in [0.25, 0.3) is 0 Å². The maximum absolute atomic E-state index is 6.08. The Morgan fingerprint density at radius 1 is 0.656 bits per heavy atom. The van der Waals surface area contributed by atoms with Crippen molar-refractivity contribution in [2.45, 2.75) is 78.1 Å². The van der Waals surface area contributed by atoms with Crippen LogP contribution in [0.2, 0.25) is 0 Å². The molecule has 0 aromatic heterocycles. The first-order valence-electron chi connectivity index (χ1n) is 12.7. The van der Waals surface area contributed by atoms with E-state index in [9.17, 15) is 0 Å². The lowest BCUT2D eigenvalue weighted by molar-refractivity contribution is 0.178. The average Bonchev–Trinajstić information content (AvgIpc) is 2.85. The van der Waals surface area contributed by atoms with Gasteiger partial charge in [-0.2, -0.15) is 0 Å². The monoisotopic (exact) mass is 432 g/mol. The van der Waals surface area contributed by atoms with Crippen molar-refractivity contribution >= 4 is 0 Å². The molecule has 0 aliphatic heterocycles. The van der Waals surface area contributed by atoms with Gasteiger partial charge in [0.1, 0.15) is 11.5 Å². The second kappa shape index (κ2) is 13.9. The van der Waals surface area contributed by atoms with Crippen molar-refractivity contribution in [3.05, 3.63) is 59.7 Å². The van der Waals surface area contributed by atoms with Gasteiger partial charge in [-0.05, 0) is 79.6 Å². The molecule has 0 N–H and O–H groups in total. The van der Waals surface area contributed by atoms with E-state index >= 15 is 0 Å². The normalized spacial score (nSPS) is 17.9. The molecule has 0 bridgehead atoms. The molecular formula is C30H40O2. The molecule has 2 nitrogen and oxygen atoms in total. The van der Waals surface area contributed by atoms with Crippen molar-refractivity contribution in [3.8, 4) is 23.3 Å². The van der Waals surface area contributed by atoms with Crippen molar-refractivity contribution in [2.24, 2.45) is 11.8 Å². The maximum atomic E-state index is 6.08.